The molecule has 2 aromatic heterocycles. The Balaban J connectivity index is 2.22. The fraction of sp³-hybridized carbons (Fsp3) is 0.300. The first kappa shape index (κ1) is 11.2. The molecule has 0 aliphatic heterocycles. The normalized spacial score (nSPS) is 10.6. The zero-order valence-electron chi connectivity index (χ0n) is 8.56. The highest BCUT2D eigenvalue weighted by Gasteiger charge is 2.12. The molecule has 0 fully saturated rings. The summed E-state index contributed by atoms with van der Waals surface area (Å²) in [5.74, 6) is 1.09. The predicted molar refractivity (Wildman–Crippen MR) is 62.6 cm³/mol. The van der Waals surface area contributed by atoms with Gasteiger partial charge in [-0.15, -0.1) is 0 Å². The van der Waals surface area contributed by atoms with E-state index >= 15 is 0 Å². The van der Waals surface area contributed by atoms with Crippen LogP contribution in [0.4, 0.5) is 0 Å². The van der Waals surface area contributed by atoms with E-state index < -0.39 is 0 Å². The van der Waals surface area contributed by atoms with Crippen LogP contribution in [0.25, 0.3) is 11.6 Å². The number of hydrogen-bond acceptors (Lipinski definition) is 5. The molecule has 0 aliphatic carbocycles. The Hall–Kier alpha value is -1.27. The third kappa shape index (κ3) is 2.45. The zero-order valence-corrected chi connectivity index (χ0v) is 10.1. The number of halogens is 1. The number of hydrogen-bond donors (Lipinski definition) is 1. The molecule has 0 unspecified atom stereocenters. The minimum Gasteiger partial charge on any atom is -0.332 e. The van der Waals surface area contributed by atoms with Crippen molar-refractivity contribution in [3.63, 3.8) is 0 Å². The smallest absolute Gasteiger partial charge is 0.277 e. The number of nitrogens with zero attached hydrogens (tertiary/aromatic N) is 3. The Bertz CT molecular complexity index is 471. The monoisotopic (exact) mass is 282 g/mol. The van der Waals surface area contributed by atoms with E-state index in [-0.39, 0.29) is 0 Å². The van der Waals surface area contributed by atoms with Crippen molar-refractivity contribution in [1.82, 2.24) is 15.1 Å². The van der Waals surface area contributed by atoms with Gasteiger partial charge in [0.1, 0.15) is 5.69 Å². The summed E-state index contributed by atoms with van der Waals surface area (Å²) in [5.41, 5.74) is 6.07. The largest absolute Gasteiger partial charge is 0.332 e. The van der Waals surface area contributed by atoms with Crippen molar-refractivity contribution < 1.29 is 4.52 Å². The maximum absolute atomic E-state index is 5.41. The molecule has 6 heteroatoms. The van der Waals surface area contributed by atoms with E-state index in [2.05, 4.69) is 31.1 Å². The highest BCUT2D eigenvalue weighted by Crippen LogP contribution is 2.23. The summed E-state index contributed by atoms with van der Waals surface area (Å²) in [6.07, 6.45) is 3.26. The molecule has 2 N–H and O–H groups in total. The first-order valence-electron chi connectivity index (χ1n) is 4.95. The van der Waals surface area contributed by atoms with Crippen LogP contribution >= 0.6 is 15.9 Å². The second-order valence-electron chi connectivity index (χ2n) is 3.24. The summed E-state index contributed by atoms with van der Waals surface area (Å²) in [6.45, 7) is 0.622. The summed E-state index contributed by atoms with van der Waals surface area (Å²) >= 11 is 3.38. The summed E-state index contributed by atoms with van der Waals surface area (Å²) in [5, 5.41) is 3.87. The van der Waals surface area contributed by atoms with Gasteiger partial charge < -0.3 is 10.3 Å². The van der Waals surface area contributed by atoms with Crippen LogP contribution in [0.2, 0.25) is 0 Å². The van der Waals surface area contributed by atoms with E-state index in [0.717, 1.165) is 17.3 Å². The van der Waals surface area contributed by atoms with Gasteiger partial charge >= 0.3 is 0 Å². The van der Waals surface area contributed by atoms with E-state index in [9.17, 15) is 0 Å². The molecule has 5 nitrogen and oxygen atoms in total. The Morgan fingerprint density at radius 1 is 1.44 bits per heavy atom. The Labute approximate surface area is 101 Å². The van der Waals surface area contributed by atoms with Gasteiger partial charge in [0.05, 0.1) is 0 Å². The summed E-state index contributed by atoms with van der Waals surface area (Å²) in [4.78, 5) is 8.43. The molecular weight excluding hydrogens is 272 g/mol. The second kappa shape index (κ2) is 5.18. The number of aromatic nitrogens is 3. The molecule has 84 valence electrons. The second-order valence-corrected chi connectivity index (χ2v) is 4.10. The molecule has 0 bridgehead atoms. The van der Waals surface area contributed by atoms with Crippen molar-refractivity contribution in [1.29, 1.82) is 0 Å². The van der Waals surface area contributed by atoms with Crippen LogP contribution in [-0.4, -0.2) is 21.7 Å². The molecule has 2 rings (SSSR count). The molecule has 0 saturated heterocycles. The van der Waals surface area contributed by atoms with Crippen molar-refractivity contribution >= 4 is 15.9 Å². The van der Waals surface area contributed by atoms with Crippen molar-refractivity contribution in [3.8, 4) is 11.6 Å². The van der Waals surface area contributed by atoms with Crippen LogP contribution in [0.3, 0.4) is 0 Å². The van der Waals surface area contributed by atoms with Gasteiger partial charge in [-0.3, -0.25) is 0 Å². The third-order valence-corrected chi connectivity index (χ3v) is 2.67. The molecule has 0 amide bonds. The molecule has 2 heterocycles. The fourth-order valence-corrected chi connectivity index (χ4v) is 1.68. The summed E-state index contributed by atoms with van der Waals surface area (Å²) in [6, 6.07) is 3.71. The number of aryl methyl sites for hydroxylation is 1. The van der Waals surface area contributed by atoms with Gasteiger partial charge in [-0.25, -0.2) is 4.98 Å². The van der Waals surface area contributed by atoms with Crippen LogP contribution in [0.15, 0.2) is 27.3 Å². The van der Waals surface area contributed by atoms with Crippen molar-refractivity contribution in [2.75, 3.05) is 6.54 Å². The molecule has 0 aliphatic rings. The van der Waals surface area contributed by atoms with Crippen molar-refractivity contribution in [2.45, 2.75) is 12.8 Å². The molecule has 0 atom stereocenters. The lowest BCUT2D eigenvalue weighted by Gasteiger charge is -1.95. The molecule has 0 radical (unpaired) electrons. The lowest BCUT2D eigenvalue weighted by molar-refractivity contribution is 0.420. The lowest BCUT2D eigenvalue weighted by Crippen LogP contribution is -2.01. The predicted octanol–water partition coefficient (Wildman–Crippen LogP) is 1.79. The van der Waals surface area contributed by atoms with E-state index in [1.165, 1.54) is 0 Å². The Morgan fingerprint density at radius 3 is 3.06 bits per heavy atom. The molecule has 0 spiro atoms. The number of pyridine rings is 1. The highest BCUT2D eigenvalue weighted by molar-refractivity contribution is 9.10. The zero-order chi connectivity index (χ0) is 11.4. The lowest BCUT2D eigenvalue weighted by atomic mass is 10.3. The van der Waals surface area contributed by atoms with Gasteiger partial charge in [-0.2, -0.15) is 4.98 Å². The van der Waals surface area contributed by atoms with Crippen molar-refractivity contribution in [2.24, 2.45) is 5.73 Å². The quantitative estimate of drug-likeness (QED) is 0.925. The topological polar surface area (TPSA) is 77.8 Å². The van der Waals surface area contributed by atoms with E-state index in [1.54, 1.807) is 6.20 Å². The first-order valence-corrected chi connectivity index (χ1v) is 5.74. The van der Waals surface area contributed by atoms with Crippen LogP contribution in [0.1, 0.15) is 12.2 Å². The van der Waals surface area contributed by atoms with Gasteiger partial charge in [-0.1, -0.05) is 5.16 Å². The fourth-order valence-electron chi connectivity index (χ4n) is 1.25. The number of rotatable bonds is 4. The molecule has 16 heavy (non-hydrogen) atoms. The maximum Gasteiger partial charge on any atom is 0.277 e. The Kier molecular flexibility index (Phi) is 3.63. The van der Waals surface area contributed by atoms with Crippen molar-refractivity contribution in [3.05, 3.63) is 28.6 Å². The first-order chi connectivity index (χ1) is 7.81. The van der Waals surface area contributed by atoms with E-state index in [1.807, 2.05) is 12.1 Å². The Morgan fingerprint density at radius 2 is 2.31 bits per heavy atom. The van der Waals surface area contributed by atoms with Gasteiger partial charge in [0.2, 0.25) is 0 Å². The third-order valence-electron chi connectivity index (χ3n) is 2.03. The SMILES string of the molecule is NCCCc1noc(-c2ncccc2Br)n1. The van der Waals surface area contributed by atoms with E-state index in [4.69, 9.17) is 10.3 Å². The summed E-state index contributed by atoms with van der Waals surface area (Å²) in [7, 11) is 0. The van der Waals surface area contributed by atoms with E-state index in [0.29, 0.717) is 24.0 Å². The molecule has 0 aromatic carbocycles. The van der Waals surface area contributed by atoms with Crippen LogP contribution < -0.4 is 5.73 Å². The number of nitrogens with two attached hydrogens (primary N) is 1. The minimum atomic E-state index is 0.430. The standard InChI is InChI=1S/C10H11BrN4O/c11-7-3-2-6-13-9(7)10-14-8(15-16-10)4-1-5-12/h2-3,6H,1,4-5,12H2. The maximum atomic E-state index is 5.41. The van der Waals surface area contributed by atoms with Crippen LogP contribution in [0.5, 0.6) is 0 Å². The van der Waals surface area contributed by atoms with Gasteiger partial charge in [0.25, 0.3) is 5.89 Å². The average molecular weight is 283 g/mol. The molecule has 0 saturated carbocycles. The van der Waals surface area contributed by atoms with Gasteiger partial charge in [0, 0.05) is 17.1 Å². The van der Waals surface area contributed by atoms with Crippen LogP contribution in [0, 0.1) is 0 Å². The van der Waals surface area contributed by atoms with Gasteiger partial charge in [-0.05, 0) is 41.0 Å². The molecular formula is C10H11BrN4O. The van der Waals surface area contributed by atoms with Crippen LogP contribution in [-0.2, 0) is 6.42 Å². The average Bonchev–Trinajstić information content (AvgIpc) is 2.75. The minimum absolute atomic E-state index is 0.430. The molecule has 2 aromatic rings. The highest BCUT2D eigenvalue weighted by atomic mass is 79.9. The van der Waals surface area contributed by atoms with Gasteiger partial charge in [0.15, 0.2) is 5.82 Å². The summed E-state index contributed by atoms with van der Waals surface area (Å²) < 4.78 is 5.97.